The van der Waals surface area contributed by atoms with Crippen LogP contribution in [0.4, 0.5) is 10.5 Å². The number of halogens is 1. The fourth-order valence-corrected chi connectivity index (χ4v) is 4.54. The molecule has 168 valence electrons. The number of nitrogens with zero attached hydrogens (tertiary/aromatic N) is 2. The van der Waals surface area contributed by atoms with Gasteiger partial charge in [0, 0.05) is 29.4 Å². The van der Waals surface area contributed by atoms with Crippen molar-refractivity contribution in [3.63, 3.8) is 0 Å². The van der Waals surface area contributed by atoms with Crippen LogP contribution in [0.2, 0.25) is 5.02 Å². The van der Waals surface area contributed by atoms with Crippen molar-refractivity contribution in [3.8, 4) is 0 Å². The number of nitrogens with one attached hydrogen (secondary N) is 2. The summed E-state index contributed by atoms with van der Waals surface area (Å²) >= 11 is 6.07. The molecule has 2 aromatic carbocycles. The molecule has 0 bridgehead atoms. The Labute approximate surface area is 193 Å². The summed E-state index contributed by atoms with van der Waals surface area (Å²) in [5.74, 6) is 0. The van der Waals surface area contributed by atoms with Gasteiger partial charge in [0.15, 0.2) is 0 Å². The number of anilines is 1. The lowest BCUT2D eigenvalue weighted by Gasteiger charge is -2.26. The minimum Gasteiger partial charge on any atom is -0.321 e. The molecule has 4 rings (SSSR count). The second-order valence-electron chi connectivity index (χ2n) is 8.58. The molecule has 6 nitrogen and oxygen atoms in total. The molecule has 0 saturated carbocycles. The number of benzene rings is 2. The van der Waals surface area contributed by atoms with E-state index in [1.165, 1.54) is 12.8 Å². The van der Waals surface area contributed by atoms with Crippen LogP contribution in [0.15, 0.2) is 47.3 Å². The van der Waals surface area contributed by atoms with Crippen molar-refractivity contribution < 1.29 is 4.79 Å². The molecular formula is C25H29ClN4O2. The molecule has 3 aromatic rings. The maximum absolute atomic E-state index is 13.2. The normalized spacial score (nSPS) is 14.1. The summed E-state index contributed by atoms with van der Waals surface area (Å²) < 4.78 is 0. The Morgan fingerprint density at radius 1 is 1.16 bits per heavy atom. The van der Waals surface area contributed by atoms with Crippen molar-refractivity contribution >= 4 is 34.2 Å². The molecule has 32 heavy (non-hydrogen) atoms. The third-order valence-corrected chi connectivity index (χ3v) is 6.21. The predicted octanol–water partition coefficient (Wildman–Crippen LogP) is 4.93. The van der Waals surface area contributed by atoms with Crippen LogP contribution >= 0.6 is 11.6 Å². The van der Waals surface area contributed by atoms with Gasteiger partial charge in [-0.2, -0.15) is 0 Å². The molecule has 1 aliphatic heterocycles. The van der Waals surface area contributed by atoms with Crippen LogP contribution < -0.4 is 10.9 Å². The fraction of sp³-hybridized carbons (Fsp3) is 0.360. The molecule has 2 N–H and O–H groups in total. The number of aromatic nitrogens is 1. The standard InChI is InChI=1S/C25H29ClN4O2/c1-17-12-18(2)23-19(13-17)14-20(24(31)28-23)16-30(11-10-29-8-3-4-9-29)25(32)27-22-7-5-6-21(26)15-22/h5-7,12-15H,3-4,8-11,16H2,1-2H3,(H,27,32)(H,28,31). The number of likely N-dealkylation sites (tertiary alicyclic amines) is 1. The van der Waals surface area contributed by atoms with Gasteiger partial charge in [-0.25, -0.2) is 4.79 Å². The van der Waals surface area contributed by atoms with E-state index in [-0.39, 0.29) is 18.1 Å². The second kappa shape index (κ2) is 9.76. The van der Waals surface area contributed by atoms with Gasteiger partial charge >= 0.3 is 6.03 Å². The zero-order valence-electron chi connectivity index (χ0n) is 18.6. The first kappa shape index (κ1) is 22.4. The van der Waals surface area contributed by atoms with E-state index < -0.39 is 0 Å². The highest BCUT2D eigenvalue weighted by Gasteiger charge is 2.19. The molecule has 0 spiro atoms. The molecule has 0 radical (unpaired) electrons. The Bertz CT molecular complexity index is 1180. The van der Waals surface area contributed by atoms with Crippen LogP contribution in [-0.2, 0) is 6.54 Å². The lowest BCUT2D eigenvalue weighted by molar-refractivity contribution is 0.197. The number of rotatable bonds is 6. The first-order chi connectivity index (χ1) is 15.4. The highest BCUT2D eigenvalue weighted by atomic mass is 35.5. The van der Waals surface area contributed by atoms with Crippen molar-refractivity contribution in [2.24, 2.45) is 0 Å². The lowest BCUT2D eigenvalue weighted by atomic mass is 10.1. The Hall–Kier alpha value is -2.83. The Balaban J connectivity index is 1.59. The highest BCUT2D eigenvalue weighted by Crippen LogP contribution is 2.20. The molecule has 0 atom stereocenters. The minimum absolute atomic E-state index is 0.161. The number of aromatic amines is 1. The largest absolute Gasteiger partial charge is 0.322 e. The molecule has 1 fully saturated rings. The number of aryl methyl sites for hydroxylation is 2. The van der Waals surface area contributed by atoms with Gasteiger partial charge in [0.1, 0.15) is 0 Å². The average molecular weight is 453 g/mol. The van der Waals surface area contributed by atoms with E-state index in [4.69, 9.17) is 11.6 Å². The van der Waals surface area contributed by atoms with Crippen molar-refractivity contribution in [1.82, 2.24) is 14.8 Å². The predicted molar refractivity (Wildman–Crippen MR) is 131 cm³/mol. The average Bonchev–Trinajstić information content (AvgIpc) is 3.25. The van der Waals surface area contributed by atoms with E-state index in [0.717, 1.165) is 41.7 Å². The molecule has 2 heterocycles. The highest BCUT2D eigenvalue weighted by molar-refractivity contribution is 6.30. The Kier molecular flexibility index (Phi) is 6.82. The number of hydrogen-bond donors (Lipinski definition) is 2. The van der Waals surface area contributed by atoms with Crippen molar-refractivity contribution in [2.45, 2.75) is 33.2 Å². The molecule has 1 aliphatic rings. The van der Waals surface area contributed by atoms with Gasteiger partial charge in [0.25, 0.3) is 5.56 Å². The summed E-state index contributed by atoms with van der Waals surface area (Å²) in [6.45, 7) is 7.70. The smallest absolute Gasteiger partial charge is 0.321 e. The van der Waals surface area contributed by atoms with Gasteiger partial charge < -0.3 is 20.1 Å². The van der Waals surface area contributed by atoms with Gasteiger partial charge in [-0.1, -0.05) is 29.3 Å². The van der Waals surface area contributed by atoms with E-state index in [2.05, 4.69) is 27.3 Å². The number of hydrogen-bond acceptors (Lipinski definition) is 3. The minimum atomic E-state index is -0.244. The van der Waals surface area contributed by atoms with Crippen molar-refractivity contribution in [3.05, 3.63) is 74.5 Å². The number of H-pyrrole nitrogens is 1. The third-order valence-electron chi connectivity index (χ3n) is 5.98. The fourth-order valence-electron chi connectivity index (χ4n) is 4.34. The molecule has 0 aliphatic carbocycles. The first-order valence-corrected chi connectivity index (χ1v) is 11.4. The molecule has 1 saturated heterocycles. The van der Waals surface area contributed by atoms with E-state index in [0.29, 0.717) is 22.8 Å². The molecule has 2 amide bonds. The SMILES string of the molecule is Cc1cc(C)c2[nH]c(=O)c(CN(CCN3CCCC3)C(=O)Nc3cccc(Cl)c3)cc2c1. The van der Waals surface area contributed by atoms with Crippen LogP contribution in [0.25, 0.3) is 10.9 Å². The van der Waals surface area contributed by atoms with Gasteiger partial charge in [0.2, 0.25) is 0 Å². The Morgan fingerprint density at radius 2 is 1.94 bits per heavy atom. The van der Waals surface area contributed by atoms with Gasteiger partial charge in [-0.05, 0) is 81.1 Å². The number of amides is 2. The van der Waals surface area contributed by atoms with E-state index in [1.54, 1.807) is 29.2 Å². The lowest BCUT2D eigenvalue weighted by Crippen LogP contribution is -2.41. The maximum atomic E-state index is 13.2. The van der Waals surface area contributed by atoms with Crippen LogP contribution in [0.5, 0.6) is 0 Å². The Morgan fingerprint density at radius 3 is 2.69 bits per heavy atom. The topological polar surface area (TPSA) is 68.4 Å². The molecule has 0 unspecified atom stereocenters. The number of carbonyl (C=O) groups excluding carboxylic acids is 1. The zero-order valence-corrected chi connectivity index (χ0v) is 19.3. The molecule has 1 aromatic heterocycles. The van der Waals surface area contributed by atoms with Crippen LogP contribution in [0.1, 0.15) is 29.5 Å². The molecule has 7 heteroatoms. The summed E-state index contributed by atoms with van der Waals surface area (Å²) in [6, 6.07) is 12.9. The number of carbonyl (C=O) groups is 1. The van der Waals surface area contributed by atoms with Crippen LogP contribution in [-0.4, -0.2) is 47.0 Å². The summed E-state index contributed by atoms with van der Waals surface area (Å²) in [4.78, 5) is 33.1. The number of fused-ring (bicyclic) bond motifs is 1. The second-order valence-corrected chi connectivity index (χ2v) is 9.02. The molecular weight excluding hydrogens is 424 g/mol. The summed E-state index contributed by atoms with van der Waals surface area (Å²) in [5.41, 5.74) is 4.06. The van der Waals surface area contributed by atoms with Crippen molar-refractivity contribution in [2.75, 3.05) is 31.5 Å². The number of pyridine rings is 1. The van der Waals surface area contributed by atoms with Gasteiger partial charge in [0.05, 0.1) is 12.1 Å². The zero-order chi connectivity index (χ0) is 22.7. The third kappa shape index (κ3) is 5.31. The summed E-state index contributed by atoms with van der Waals surface area (Å²) in [5, 5.41) is 4.46. The van der Waals surface area contributed by atoms with Crippen LogP contribution in [0, 0.1) is 13.8 Å². The summed E-state index contributed by atoms with van der Waals surface area (Å²) in [6.07, 6.45) is 2.38. The van der Waals surface area contributed by atoms with Crippen LogP contribution in [0.3, 0.4) is 0 Å². The van der Waals surface area contributed by atoms with Gasteiger partial charge in [-0.3, -0.25) is 4.79 Å². The van der Waals surface area contributed by atoms with E-state index in [1.807, 2.05) is 19.9 Å². The van der Waals surface area contributed by atoms with E-state index >= 15 is 0 Å². The summed E-state index contributed by atoms with van der Waals surface area (Å²) in [7, 11) is 0. The van der Waals surface area contributed by atoms with Crippen molar-refractivity contribution in [1.29, 1.82) is 0 Å². The maximum Gasteiger partial charge on any atom is 0.322 e. The van der Waals surface area contributed by atoms with E-state index in [9.17, 15) is 9.59 Å². The number of urea groups is 1. The quantitative estimate of drug-likeness (QED) is 0.557. The first-order valence-electron chi connectivity index (χ1n) is 11.1. The monoisotopic (exact) mass is 452 g/mol. The van der Waals surface area contributed by atoms with Gasteiger partial charge in [-0.15, -0.1) is 0 Å².